The number of amides is 1. The Kier molecular flexibility index (Phi) is 3.78. The number of pyridine rings is 1. The predicted molar refractivity (Wildman–Crippen MR) is 82.5 cm³/mol. The van der Waals surface area contributed by atoms with Crippen LogP contribution in [0.5, 0.6) is 0 Å². The molecule has 0 radical (unpaired) electrons. The molecule has 0 atom stereocenters. The molecular formula is C16H19N5O2. The van der Waals surface area contributed by atoms with Crippen molar-refractivity contribution < 1.29 is 9.32 Å². The molecule has 0 N–H and O–H groups in total. The molecule has 120 valence electrons. The van der Waals surface area contributed by atoms with Gasteiger partial charge in [0.15, 0.2) is 0 Å². The minimum atomic E-state index is 0.222. The third-order valence-electron chi connectivity index (χ3n) is 4.49. The monoisotopic (exact) mass is 313 g/mol. The molecule has 7 heteroatoms. The van der Waals surface area contributed by atoms with Crippen LogP contribution in [0.2, 0.25) is 0 Å². The van der Waals surface area contributed by atoms with E-state index < -0.39 is 0 Å². The summed E-state index contributed by atoms with van der Waals surface area (Å²) in [5.41, 5.74) is 0.850. The van der Waals surface area contributed by atoms with Crippen LogP contribution in [0.3, 0.4) is 0 Å². The number of nitrogens with zero attached hydrogens (tertiary/aromatic N) is 5. The zero-order valence-corrected chi connectivity index (χ0v) is 12.9. The number of carbonyl (C=O) groups excluding carboxylic acids is 1. The third kappa shape index (κ3) is 2.96. The van der Waals surface area contributed by atoms with Gasteiger partial charge in [-0.25, -0.2) is 0 Å². The highest BCUT2D eigenvalue weighted by Gasteiger charge is 2.34. The smallest absolute Gasteiger partial charge is 0.236 e. The van der Waals surface area contributed by atoms with Gasteiger partial charge in [0.05, 0.1) is 12.5 Å². The molecule has 4 rings (SSSR count). The van der Waals surface area contributed by atoms with Crippen molar-refractivity contribution in [2.24, 2.45) is 0 Å². The van der Waals surface area contributed by atoms with Crippen molar-refractivity contribution in [2.75, 3.05) is 32.7 Å². The first kappa shape index (κ1) is 14.3. The van der Waals surface area contributed by atoms with E-state index >= 15 is 0 Å². The van der Waals surface area contributed by atoms with Crippen LogP contribution in [0.15, 0.2) is 29.0 Å². The summed E-state index contributed by atoms with van der Waals surface area (Å²) < 4.78 is 5.37. The second-order valence-corrected chi connectivity index (χ2v) is 6.18. The number of hydrogen-bond donors (Lipinski definition) is 0. The quantitative estimate of drug-likeness (QED) is 0.843. The average molecular weight is 313 g/mol. The van der Waals surface area contributed by atoms with Crippen LogP contribution in [-0.2, 0) is 4.79 Å². The van der Waals surface area contributed by atoms with Crippen molar-refractivity contribution in [1.82, 2.24) is 24.9 Å². The Hall–Kier alpha value is -2.28. The van der Waals surface area contributed by atoms with Crippen molar-refractivity contribution in [3.8, 4) is 11.4 Å². The van der Waals surface area contributed by atoms with Gasteiger partial charge < -0.3 is 9.42 Å². The largest absolute Gasteiger partial charge is 0.342 e. The van der Waals surface area contributed by atoms with Crippen LogP contribution in [-0.4, -0.2) is 63.6 Å². The lowest BCUT2D eigenvalue weighted by molar-refractivity contribution is -0.132. The minimum absolute atomic E-state index is 0.222. The first-order valence-electron chi connectivity index (χ1n) is 8.04. The van der Waals surface area contributed by atoms with E-state index in [9.17, 15) is 4.79 Å². The topological polar surface area (TPSA) is 75.4 Å². The molecule has 0 bridgehead atoms. The van der Waals surface area contributed by atoms with E-state index in [0.717, 1.165) is 44.6 Å². The zero-order valence-electron chi connectivity index (χ0n) is 12.9. The van der Waals surface area contributed by atoms with Gasteiger partial charge in [0.2, 0.25) is 17.6 Å². The molecule has 2 fully saturated rings. The molecule has 0 unspecified atom stereocenters. The van der Waals surface area contributed by atoms with Crippen molar-refractivity contribution in [1.29, 1.82) is 0 Å². The highest BCUT2D eigenvalue weighted by atomic mass is 16.5. The highest BCUT2D eigenvalue weighted by Crippen LogP contribution is 2.27. The summed E-state index contributed by atoms with van der Waals surface area (Å²) in [7, 11) is 0. The maximum absolute atomic E-state index is 12.1. The molecule has 23 heavy (non-hydrogen) atoms. The van der Waals surface area contributed by atoms with E-state index in [0.29, 0.717) is 18.3 Å². The van der Waals surface area contributed by atoms with E-state index in [1.807, 2.05) is 17.0 Å². The van der Waals surface area contributed by atoms with E-state index in [-0.39, 0.29) is 11.8 Å². The lowest BCUT2D eigenvalue weighted by Gasteiger charge is -2.37. The van der Waals surface area contributed by atoms with Gasteiger partial charge in [0.25, 0.3) is 0 Å². The Labute approximate surface area is 134 Å². The van der Waals surface area contributed by atoms with Gasteiger partial charge in [-0.1, -0.05) is 5.16 Å². The summed E-state index contributed by atoms with van der Waals surface area (Å²) in [6, 6.07) is 3.75. The van der Waals surface area contributed by atoms with Crippen molar-refractivity contribution >= 4 is 5.91 Å². The van der Waals surface area contributed by atoms with Crippen LogP contribution < -0.4 is 0 Å². The molecule has 0 spiro atoms. The first-order chi connectivity index (χ1) is 11.3. The van der Waals surface area contributed by atoms with Crippen LogP contribution in [0.25, 0.3) is 11.4 Å². The number of hydrogen-bond acceptors (Lipinski definition) is 6. The Morgan fingerprint density at radius 2 is 2.13 bits per heavy atom. The number of carbonyl (C=O) groups is 1. The van der Waals surface area contributed by atoms with Crippen molar-refractivity contribution in [3.05, 3.63) is 30.4 Å². The standard InChI is InChI=1S/C16H19N5O2/c22-14(21-6-1-2-7-21)11-20-9-13(10-20)16-18-15(19-23-16)12-4-3-5-17-8-12/h3-5,8,13H,1-2,6-7,9-11H2. The Balaban J connectivity index is 1.32. The van der Waals surface area contributed by atoms with Crippen LogP contribution >= 0.6 is 0 Å². The summed E-state index contributed by atoms with van der Waals surface area (Å²) in [5.74, 6) is 1.68. The SMILES string of the molecule is O=C(CN1CC(c2nc(-c3cccnc3)no2)C1)N1CCCC1. The molecule has 2 aliphatic rings. The first-order valence-corrected chi connectivity index (χ1v) is 8.04. The summed E-state index contributed by atoms with van der Waals surface area (Å²) in [6.07, 6.45) is 5.70. The fourth-order valence-electron chi connectivity index (χ4n) is 3.13. The second-order valence-electron chi connectivity index (χ2n) is 6.18. The van der Waals surface area contributed by atoms with Gasteiger partial charge in [-0.3, -0.25) is 14.7 Å². The molecule has 0 saturated carbocycles. The number of aromatic nitrogens is 3. The highest BCUT2D eigenvalue weighted by molar-refractivity contribution is 5.78. The second kappa shape index (κ2) is 6.08. The lowest BCUT2D eigenvalue weighted by Crippen LogP contribution is -2.50. The molecule has 1 amide bonds. The van der Waals surface area contributed by atoms with Crippen molar-refractivity contribution in [2.45, 2.75) is 18.8 Å². The number of likely N-dealkylation sites (tertiary alicyclic amines) is 2. The van der Waals surface area contributed by atoms with Crippen molar-refractivity contribution in [3.63, 3.8) is 0 Å². The summed E-state index contributed by atoms with van der Waals surface area (Å²) in [4.78, 5) is 24.7. The molecule has 0 aliphatic carbocycles. The average Bonchev–Trinajstić information content (AvgIpc) is 3.22. The van der Waals surface area contributed by atoms with Crippen LogP contribution in [0.1, 0.15) is 24.7 Å². The van der Waals surface area contributed by atoms with Gasteiger partial charge in [-0.05, 0) is 25.0 Å². The van der Waals surface area contributed by atoms with Gasteiger partial charge in [0, 0.05) is 44.1 Å². The lowest BCUT2D eigenvalue weighted by atomic mass is 10.0. The maximum Gasteiger partial charge on any atom is 0.236 e. The van der Waals surface area contributed by atoms with Gasteiger partial charge in [-0.15, -0.1) is 0 Å². The van der Waals surface area contributed by atoms with Gasteiger partial charge in [-0.2, -0.15) is 4.98 Å². The minimum Gasteiger partial charge on any atom is -0.342 e. The normalized spacial score (nSPS) is 19.0. The zero-order chi connectivity index (χ0) is 15.6. The predicted octanol–water partition coefficient (Wildman–Crippen LogP) is 1.15. The van der Waals surface area contributed by atoms with Crippen LogP contribution in [0, 0.1) is 0 Å². The molecule has 0 aromatic carbocycles. The molecule has 4 heterocycles. The van der Waals surface area contributed by atoms with Gasteiger partial charge >= 0.3 is 0 Å². The van der Waals surface area contributed by atoms with E-state index in [2.05, 4.69) is 20.0 Å². The molecule has 2 saturated heterocycles. The van der Waals surface area contributed by atoms with Gasteiger partial charge in [0.1, 0.15) is 0 Å². The molecular weight excluding hydrogens is 294 g/mol. The fourth-order valence-corrected chi connectivity index (χ4v) is 3.13. The Morgan fingerprint density at radius 3 is 2.87 bits per heavy atom. The Morgan fingerprint density at radius 1 is 1.30 bits per heavy atom. The maximum atomic E-state index is 12.1. The Bertz CT molecular complexity index is 675. The van der Waals surface area contributed by atoms with Crippen LogP contribution in [0.4, 0.5) is 0 Å². The molecule has 2 aromatic heterocycles. The molecule has 7 nitrogen and oxygen atoms in total. The molecule has 2 aromatic rings. The summed E-state index contributed by atoms with van der Waals surface area (Å²) in [6.45, 7) is 3.92. The summed E-state index contributed by atoms with van der Waals surface area (Å²) >= 11 is 0. The van der Waals surface area contributed by atoms with E-state index in [1.54, 1.807) is 12.4 Å². The number of rotatable bonds is 4. The van der Waals surface area contributed by atoms with E-state index in [4.69, 9.17) is 4.52 Å². The van der Waals surface area contributed by atoms with E-state index in [1.165, 1.54) is 0 Å². The summed E-state index contributed by atoms with van der Waals surface area (Å²) in [5, 5.41) is 4.02. The molecule has 2 aliphatic heterocycles. The fraction of sp³-hybridized carbons (Fsp3) is 0.500. The third-order valence-corrected chi connectivity index (χ3v) is 4.49.